The Balaban J connectivity index is 1.44. The molecule has 3 aromatic rings. The molecule has 0 saturated carbocycles. The Morgan fingerprint density at radius 3 is 2.55 bits per heavy atom. The van der Waals surface area contributed by atoms with E-state index in [2.05, 4.69) is 15.5 Å². The van der Waals surface area contributed by atoms with E-state index in [0.717, 1.165) is 12.8 Å². The van der Waals surface area contributed by atoms with E-state index in [4.69, 9.17) is 4.52 Å². The van der Waals surface area contributed by atoms with E-state index < -0.39 is 0 Å². The number of benzene rings is 1. The zero-order valence-corrected chi connectivity index (χ0v) is 18.7. The molecule has 1 aliphatic heterocycles. The van der Waals surface area contributed by atoms with Gasteiger partial charge in [-0.1, -0.05) is 38.1 Å². The van der Waals surface area contributed by atoms with Crippen LogP contribution in [0.5, 0.6) is 0 Å². The Hall–Kier alpha value is -3.00. The van der Waals surface area contributed by atoms with Crippen molar-refractivity contribution >= 4 is 23.2 Å². The summed E-state index contributed by atoms with van der Waals surface area (Å²) in [6.45, 7) is 7.21. The number of carbonyl (C=O) groups excluding carboxylic acids is 2. The molecule has 2 aromatic heterocycles. The predicted octanol–water partition coefficient (Wildman–Crippen LogP) is 4.13. The summed E-state index contributed by atoms with van der Waals surface area (Å²) in [5.41, 5.74) is 1.64. The highest BCUT2D eigenvalue weighted by Crippen LogP contribution is 2.27. The zero-order valence-electron chi connectivity index (χ0n) is 17.9. The molecule has 0 atom stereocenters. The molecule has 31 heavy (non-hydrogen) atoms. The summed E-state index contributed by atoms with van der Waals surface area (Å²) in [6, 6.07) is 9.21. The number of likely N-dealkylation sites (tertiary alicyclic amines) is 1. The second kappa shape index (κ2) is 8.63. The lowest BCUT2D eigenvalue weighted by atomic mass is 9.96. The minimum atomic E-state index is -0.240. The molecular formula is C23H26N4O3S. The van der Waals surface area contributed by atoms with Gasteiger partial charge in [0.15, 0.2) is 5.82 Å². The van der Waals surface area contributed by atoms with Crippen molar-refractivity contribution in [3.8, 4) is 11.5 Å². The van der Waals surface area contributed by atoms with E-state index in [1.165, 1.54) is 11.3 Å². The maximum Gasteiger partial charge on any atom is 0.258 e. The number of hydrogen-bond acceptors (Lipinski definition) is 6. The van der Waals surface area contributed by atoms with Gasteiger partial charge in [0.2, 0.25) is 0 Å². The van der Waals surface area contributed by atoms with Gasteiger partial charge in [0.05, 0.1) is 11.1 Å². The highest BCUT2D eigenvalue weighted by Gasteiger charge is 2.28. The molecule has 1 aromatic carbocycles. The second-order valence-corrected chi connectivity index (χ2v) is 9.55. The maximum atomic E-state index is 13.3. The van der Waals surface area contributed by atoms with Gasteiger partial charge in [0.1, 0.15) is 0 Å². The molecule has 1 N–H and O–H groups in total. The average Bonchev–Trinajstić information content (AvgIpc) is 3.46. The van der Waals surface area contributed by atoms with Crippen LogP contribution in [0.15, 0.2) is 45.6 Å². The summed E-state index contributed by atoms with van der Waals surface area (Å²) in [5, 5.41) is 10.9. The summed E-state index contributed by atoms with van der Waals surface area (Å²) in [5.74, 6) is 0.842. The van der Waals surface area contributed by atoms with Crippen LogP contribution in [0, 0.1) is 0 Å². The summed E-state index contributed by atoms with van der Waals surface area (Å²) in [6.07, 6.45) is 1.44. The Bertz CT molecular complexity index is 1060. The van der Waals surface area contributed by atoms with Crippen LogP contribution >= 0.6 is 11.3 Å². The van der Waals surface area contributed by atoms with Crippen LogP contribution < -0.4 is 5.32 Å². The van der Waals surface area contributed by atoms with Crippen LogP contribution in [-0.2, 0) is 5.41 Å². The molecule has 8 heteroatoms. The Kier molecular flexibility index (Phi) is 5.91. The first-order valence-electron chi connectivity index (χ1n) is 10.4. The van der Waals surface area contributed by atoms with E-state index in [1.807, 2.05) is 60.7 Å². The van der Waals surface area contributed by atoms with Crippen LogP contribution in [0.25, 0.3) is 11.5 Å². The van der Waals surface area contributed by atoms with Gasteiger partial charge in [-0.3, -0.25) is 9.59 Å². The maximum absolute atomic E-state index is 13.3. The van der Waals surface area contributed by atoms with E-state index in [1.54, 1.807) is 6.07 Å². The molecule has 0 unspecified atom stereocenters. The molecule has 7 nitrogen and oxygen atoms in total. The topological polar surface area (TPSA) is 88.3 Å². The first-order valence-corrected chi connectivity index (χ1v) is 11.3. The first-order chi connectivity index (χ1) is 14.8. The second-order valence-electron chi connectivity index (χ2n) is 8.77. The van der Waals surface area contributed by atoms with Crippen LogP contribution in [0.4, 0.5) is 0 Å². The van der Waals surface area contributed by atoms with Crippen molar-refractivity contribution in [1.29, 1.82) is 0 Å². The predicted molar refractivity (Wildman–Crippen MR) is 119 cm³/mol. The van der Waals surface area contributed by atoms with Crippen LogP contribution in [-0.4, -0.2) is 46.0 Å². The zero-order chi connectivity index (χ0) is 22.0. The minimum absolute atomic E-state index is 0.0533. The summed E-state index contributed by atoms with van der Waals surface area (Å²) in [4.78, 5) is 31.9. The van der Waals surface area contributed by atoms with Crippen molar-refractivity contribution in [2.24, 2.45) is 0 Å². The Morgan fingerprint density at radius 1 is 1.16 bits per heavy atom. The molecule has 3 heterocycles. The van der Waals surface area contributed by atoms with Crippen LogP contribution in [0.3, 0.4) is 0 Å². The molecule has 4 rings (SSSR count). The number of aromatic nitrogens is 2. The van der Waals surface area contributed by atoms with Gasteiger partial charge in [-0.15, -0.1) is 0 Å². The standard InChI is InChI=1S/C23H26N4O3S/c1-23(2,3)22-25-20(30-26-22)17-6-4-5-7-18(17)21(29)27-11-8-16(9-12-27)24-19(28)15-10-13-31-14-15/h4-7,10,13-14,16H,8-9,11-12H2,1-3H3,(H,24,28). The van der Waals surface area contributed by atoms with Gasteiger partial charge >= 0.3 is 0 Å². The molecule has 162 valence electrons. The largest absolute Gasteiger partial charge is 0.349 e. The van der Waals surface area contributed by atoms with Crippen molar-refractivity contribution in [2.75, 3.05) is 13.1 Å². The number of thiophene rings is 1. The van der Waals surface area contributed by atoms with Gasteiger partial charge < -0.3 is 14.7 Å². The van der Waals surface area contributed by atoms with Crippen molar-refractivity contribution in [3.63, 3.8) is 0 Å². The van der Waals surface area contributed by atoms with Gasteiger partial charge in [-0.25, -0.2) is 0 Å². The average molecular weight is 439 g/mol. The fraction of sp³-hybridized carbons (Fsp3) is 0.391. The fourth-order valence-electron chi connectivity index (χ4n) is 3.55. The molecule has 0 spiro atoms. The summed E-state index contributed by atoms with van der Waals surface area (Å²) in [7, 11) is 0. The number of amides is 2. The lowest BCUT2D eigenvalue weighted by molar-refractivity contribution is 0.0698. The van der Waals surface area contributed by atoms with Gasteiger partial charge in [0, 0.05) is 35.5 Å². The third-order valence-electron chi connectivity index (χ3n) is 5.39. The smallest absolute Gasteiger partial charge is 0.258 e. The molecule has 0 aliphatic carbocycles. The van der Waals surface area contributed by atoms with Gasteiger partial charge in [-0.05, 0) is 36.4 Å². The van der Waals surface area contributed by atoms with Gasteiger partial charge in [0.25, 0.3) is 17.7 Å². The number of carbonyl (C=O) groups is 2. The van der Waals surface area contributed by atoms with Crippen molar-refractivity contribution in [2.45, 2.75) is 45.1 Å². The SMILES string of the molecule is CC(C)(C)c1noc(-c2ccccc2C(=O)N2CCC(NC(=O)c3ccsc3)CC2)n1. The number of nitrogens with one attached hydrogen (secondary N) is 1. The van der Waals surface area contributed by atoms with E-state index >= 15 is 0 Å². The summed E-state index contributed by atoms with van der Waals surface area (Å²) >= 11 is 1.50. The third kappa shape index (κ3) is 4.69. The first kappa shape index (κ1) is 21.2. The molecular weight excluding hydrogens is 412 g/mol. The summed E-state index contributed by atoms with van der Waals surface area (Å²) < 4.78 is 5.47. The van der Waals surface area contributed by atoms with Crippen molar-refractivity contribution in [1.82, 2.24) is 20.4 Å². The third-order valence-corrected chi connectivity index (χ3v) is 6.07. The molecule has 1 fully saturated rings. The van der Waals surface area contributed by atoms with Crippen LogP contribution in [0.2, 0.25) is 0 Å². The normalized spacial score (nSPS) is 15.1. The Labute approximate surface area is 185 Å². The quantitative estimate of drug-likeness (QED) is 0.662. The lowest BCUT2D eigenvalue weighted by Crippen LogP contribution is -2.46. The van der Waals surface area contributed by atoms with E-state index in [0.29, 0.717) is 41.5 Å². The van der Waals surface area contributed by atoms with Gasteiger partial charge in [-0.2, -0.15) is 16.3 Å². The highest BCUT2D eigenvalue weighted by molar-refractivity contribution is 7.08. The molecule has 0 bridgehead atoms. The minimum Gasteiger partial charge on any atom is -0.349 e. The van der Waals surface area contributed by atoms with E-state index in [9.17, 15) is 9.59 Å². The monoisotopic (exact) mass is 438 g/mol. The van der Waals surface area contributed by atoms with Crippen LogP contribution in [0.1, 0.15) is 60.2 Å². The fourth-order valence-corrected chi connectivity index (χ4v) is 4.19. The molecule has 0 radical (unpaired) electrons. The molecule has 2 amide bonds. The number of rotatable bonds is 4. The van der Waals surface area contributed by atoms with Crippen molar-refractivity contribution in [3.05, 3.63) is 58.0 Å². The molecule has 1 saturated heterocycles. The van der Waals surface area contributed by atoms with Crippen molar-refractivity contribution < 1.29 is 14.1 Å². The highest BCUT2D eigenvalue weighted by atomic mass is 32.1. The lowest BCUT2D eigenvalue weighted by Gasteiger charge is -2.32. The Morgan fingerprint density at radius 2 is 1.90 bits per heavy atom. The number of nitrogens with zero attached hydrogens (tertiary/aromatic N) is 3. The number of piperidine rings is 1. The van der Waals surface area contributed by atoms with E-state index in [-0.39, 0.29) is 23.3 Å². The molecule has 1 aliphatic rings. The number of hydrogen-bond donors (Lipinski definition) is 1.